The maximum atomic E-state index is 13.2. The first-order chi connectivity index (χ1) is 17.4. The van der Waals surface area contributed by atoms with Crippen LogP contribution in [0.1, 0.15) is 35.0 Å². The molecule has 0 bridgehead atoms. The first kappa shape index (κ1) is 25.4. The molecule has 0 aliphatic carbocycles. The molecule has 0 N–H and O–H groups in total. The van der Waals surface area contributed by atoms with Gasteiger partial charge in [-0.3, -0.25) is 4.79 Å². The number of hydrogen-bond acceptors (Lipinski definition) is 5. The zero-order chi connectivity index (χ0) is 25.7. The molecule has 0 fully saturated rings. The van der Waals surface area contributed by atoms with Gasteiger partial charge in [-0.15, -0.1) is 6.58 Å². The molecule has 0 aliphatic heterocycles. The molecule has 36 heavy (non-hydrogen) atoms. The van der Waals surface area contributed by atoms with Crippen LogP contribution in [0.2, 0.25) is 0 Å². The van der Waals surface area contributed by atoms with Crippen molar-refractivity contribution in [3.05, 3.63) is 110 Å². The number of benzene rings is 3. The lowest BCUT2D eigenvalue weighted by Gasteiger charge is -2.16. The highest BCUT2D eigenvalue weighted by Gasteiger charge is 2.14. The number of aryl methyl sites for hydroxylation is 2. The lowest BCUT2D eigenvalue weighted by Crippen LogP contribution is -2.22. The lowest BCUT2D eigenvalue weighted by atomic mass is 10.1. The molecule has 0 radical (unpaired) electrons. The second-order valence-corrected chi connectivity index (χ2v) is 9.30. The van der Waals surface area contributed by atoms with E-state index in [4.69, 9.17) is 9.47 Å². The van der Waals surface area contributed by atoms with Gasteiger partial charge in [-0.2, -0.15) is 9.78 Å². The van der Waals surface area contributed by atoms with Gasteiger partial charge >= 0.3 is 0 Å². The number of rotatable bonds is 9. The molecule has 184 valence electrons. The van der Waals surface area contributed by atoms with Gasteiger partial charge in [0.1, 0.15) is 12.4 Å². The molecule has 0 saturated carbocycles. The molecule has 0 saturated heterocycles. The molecule has 0 aliphatic rings. The molecule has 1 aromatic heterocycles. The fourth-order valence-electron chi connectivity index (χ4n) is 4.01. The van der Waals surface area contributed by atoms with E-state index in [2.05, 4.69) is 51.7 Å². The number of aromatic nitrogens is 2. The SMILES string of the molecule is C=CCc1cc(C=Nn2c(CC)nc3ccc(Br)cc3c2=O)cc(OC)c1OCc1cccc(C)c1. The highest BCUT2D eigenvalue weighted by Crippen LogP contribution is 2.34. The molecule has 4 aromatic rings. The fourth-order valence-corrected chi connectivity index (χ4v) is 4.37. The third-order valence-electron chi connectivity index (χ3n) is 5.72. The first-order valence-corrected chi connectivity index (χ1v) is 12.5. The number of methoxy groups -OCH3 is 1. The van der Waals surface area contributed by atoms with Gasteiger partial charge in [-0.05, 0) is 54.8 Å². The third-order valence-corrected chi connectivity index (χ3v) is 6.21. The predicted octanol–water partition coefficient (Wildman–Crippen LogP) is 6.23. The molecule has 1 heterocycles. The van der Waals surface area contributed by atoms with Crippen LogP contribution in [-0.4, -0.2) is 23.0 Å². The zero-order valence-corrected chi connectivity index (χ0v) is 22.2. The number of allylic oxidation sites excluding steroid dienone is 1. The van der Waals surface area contributed by atoms with Crippen molar-refractivity contribution in [2.45, 2.75) is 33.3 Å². The Labute approximate surface area is 219 Å². The minimum absolute atomic E-state index is 0.217. The summed E-state index contributed by atoms with van der Waals surface area (Å²) in [5.41, 5.74) is 4.38. The maximum absolute atomic E-state index is 13.2. The van der Waals surface area contributed by atoms with Crippen LogP contribution in [-0.2, 0) is 19.4 Å². The van der Waals surface area contributed by atoms with Crippen LogP contribution >= 0.6 is 15.9 Å². The van der Waals surface area contributed by atoms with E-state index in [1.165, 1.54) is 10.2 Å². The van der Waals surface area contributed by atoms with Gasteiger partial charge in [0.15, 0.2) is 11.5 Å². The van der Waals surface area contributed by atoms with Crippen LogP contribution in [0.25, 0.3) is 10.9 Å². The second kappa shape index (κ2) is 11.4. The third kappa shape index (κ3) is 5.57. The van der Waals surface area contributed by atoms with Gasteiger partial charge in [-0.1, -0.05) is 58.8 Å². The maximum Gasteiger partial charge on any atom is 0.282 e. The van der Waals surface area contributed by atoms with Gasteiger partial charge in [0.05, 0.1) is 24.2 Å². The van der Waals surface area contributed by atoms with Crippen LogP contribution in [0.15, 0.2) is 81.6 Å². The summed E-state index contributed by atoms with van der Waals surface area (Å²) in [7, 11) is 1.61. The summed E-state index contributed by atoms with van der Waals surface area (Å²) in [5, 5.41) is 5.02. The lowest BCUT2D eigenvalue weighted by molar-refractivity contribution is 0.282. The molecule has 0 atom stereocenters. The van der Waals surface area contributed by atoms with Crippen LogP contribution in [0.4, 0.5) is 0 Å². The Bertz CT molecular complexity index is 1510. The number of nitrogens with zero attached hydrogens (tertiary/aromatic N) is 3. The molecule has 0 spiro atoms. The summed E-state index contributed by atoms with van der Waals surface area (Å²) >= 11 is 3.43. The summed E-state index contributed by atoms with van der Waals surface area (Å²) in [6, 6.07) is 17.5. The quantitative estimate of drug-likeness (QED) is 0.185. The van der Waals surface area contributed by atoms with Gasteiger partial charge in [0.25, 0.3) is 5.56 Å². The molecular weight excluding hydrogens is 518 g/mol. The topological polar surface area (TPSA) is 65.7 Å². The molecule has 0 amide bonds. The van der Waals surface area contributed by atoms with Crippen molar-refractivity contribution < 1.29 is 9.47 Å². The van der Waals surface area contributed by atoms with Crippen molar-refractivity contribution >= 4 is 33.0 Å². The number of halogens is 1. The Morgan fingerprint density at radius 3 is 2.72 bits per heavy atom. The van der Waals surface area contributed by atoms with Gasteiger partial charge in [0.2, 0.25) is 0 Å². The second-order valence-electron chi connectivity index (χ2n) is 8.39. The van der Waals surface area contributed by atoms with Gasteiger partial charge in [-0.25, -0.2) is 4.98 Å². The molecule has 7 heteroatoms. The summed E-state index contributed by atoms with van der Waals surface area (Å²) in [6.45, 7) is 8.31. The van der Waals surface area contributed by atoms with E-state index >= 15 is 0 Å². The van der Waals surface area contributed by atoms with E-state index in [-0.39, 0.29) is 5.56 Å². The monoisotopic (exact) mass is 545 g/mol. The van der Waals surface area contributed by atoms with Crippen molar-refractivity contribution in [2.75, 3.05) is 7.11 Å². The number of fused-ring (bicyclic) bond motifs is 1. The van der Waals surface area contributed by atoms with Crippen LogP contribution in [0.3, 0.4) is 0 Å². The standard InChI is InChI=1S/C29H28BrN3O3/c1-5-8-22-14-21(15-26(35-4)28(22)36-18-20-10-7-9-19(3)13-20)17-31-33-27(6-2)32-25-12-11-23(30)16-24(25)29(33)34/h5,7,9-17H,1,6,8,18H2,2-4H3. The normalized spacial score (nSPS) is 11.2. The Hall–Kier alpha value is -3.71. The van der Waals surface area contributed by atoms with Crippen LogP contribution in [0.5, 0.6) is 11.5 Å². The van der Waals surface area contributed by atoms with E-state index in [1.54, 1.807) is 19.4 Å². The minimum Gasteiger partial charge on any atom is -0.493 e. The molecule has 3 aromatic carbocycles. The van der Waals surface area contributed by atoms with E-state index in [0.29, 0.717) is 47.7 Å². The van der Waals surface area contributed by atoms with E-state index in [1.807, 2.05) is 49.4 Å². The molecule has 6 nitrogen and oxygen atoms in total. The van der Waals surface area contributed by atoms with Crippen molar-refractivity contribution in [1.82, 2.24) is 9.66 Å². The predicted molar refractivity (Wildman–Crippen MR) is 148 cm³/mol. The molecule has 4 rings (SSSR count). The van der Waals surface area contributed by atoms with Crippen molar-refractivity contribution in [3.63, 3.8) is 0 Å². The fraction of sp³-hybridized carbons (Fsp3) is 0.207. The van der Waals surface area contributed by atoms with Gasteiger partial charge in [0, 0.05) is 16.5 Å². The van der Waals surface area contributed by atoms with E-state index in [0.717, 1.165) is 21.2 Å². The van der Waals surface area contributed by atoms with Crippen molar-refractivity contribution in [1.29, 1.82) is 0 Å². The average molecular weight is 546 g/mol. The van der Waals surface area contributed by atoms with Crippen LogP contribution in [0, 0.1) is 6.92 Å². The summed E-state index contributed by atoms with van der Waals surface area (Å²) in [5.74, 6) is 1.84. The summed E-state index contributed by atoms with van der Waals surface area (Å²) < 4.78 is 14.0. The highest BCUT2D eigenvalue weighted by atomic mass is 79.9. The average Bonchev–Trinajstić information content (AvgIpc) is 2.87. The zero-order valence-electron chi connectivity index (χ0n) is 20.6. The Kier molecular flexibility index (Phi) is 8.00. The minimum atomic E-state index is -0.217. The number of hydrogen-bond donors (Lipinski definition) is 0. The largest absolute Gasteiger partial charge is 0.493 e. The van der Waals surface area contributed by atoms with E-state index < -0.39 is 0 Å². The smallest absolute Gasteiger partial charge is 0.282 e. The van der Waals surface area contributed by atoms with Crippen molar-refractivity contribution in [2.24, 2.45) is 5.10 Å². The van der Waals surface area contributed by atoms with Gasteiger partial charge < -0.3 is 9.47 Å². The summed E-state index contributed by atoms with van der Waals surface area (Å²) in [6.07, 6.45) is 4.62. The molecule has 0 unspecified atom stereocenters. The Balaban J connectivity index is 1.72. The number of ether oxygens (including phenoxy) is 2. The summed E-state index contributed by atoms with van der Waals surface area (Å²) in [4.78, 5) is 17.8. The Morgan fingerprint density at radius 1 is 1.17 bits per heavy atom. The highest BCUT2D eigenvalue weighted by molar-refractivity contribution is 9.10. The molecular formula is C29H28BrN3O3. The Morgan fingerprint density at radius 2 is 2.00 bits per heavy atom. The van der Waals surface area contributed by atoms with Crippen LogP contribution < -0.4 is 15.0 Å². The van der Waals surface area contributed by atoms with Crippen molar-refractivity contribution in [3.8, 4) is 11.5 Å². The first-order valence-electron chi connectivity index (χ1n) is 11.7. The van der Waals surface area contributed by atoms with E-state index in [9.17, 15) is 4.79 Å².